The second-order valence-corrected chi connectivity index (χ2v) is 1.11. The van der Waals surface area contributed by atoms with Crippen LogP contribution in [-0.4, -0.2) is 4.89 Å². The van der Waals surface area contributed by atoms with Crippen LogP contribution in [-0.2, 0) is 9.09 Å². The van der Waals surface area contributed by atoms with Crippen LogP contribution in [0.4, 0.5) is 0 Å². The minimum atomic E-state index is -2.59. The van der Waals surface area contributed by atoms with Crippen LogP contribution in [0.3, 0.4) is 0 Å². The third-order valence-corrected chi connectivity index (χ3v) is 0.392. The van der Waals surface area contributed by atoms with Crippen molar-refractivity contribution in [3.8, 4) is 12.5 Å². The second kappa shape index (κ2) is 5.42. The van der Waals surface area contributed by atoms with E-state index in [4.69, 9.17) is 4.89 Å². The summed E-state index contributed by atoms with van der Waals surface area (Å²) in [6.07, 6.45) is 5.95. The van der Waals surface area contributed by atoms with E-state index < -0.39 is 8.25 Å². The molecule has 0 amide bonds. The summed E-state index contributed by atoms with van der Waals surface area (Å²) >= 11 is 0. The number of rotatable bonds is 1. The lowest BCUT2D eigenvalue weighted by molar-refractivity contribution is 0.394. The van der Waals surface area contributed by atoms with Gasteiger partial charge in [-0.3, -0.25) is 0 Å². The van der Waals surface area contributed by atoms with Gasteiger partial charge in [0.2, 0.25) is 0 Å². The molecule has 44 valence electrons. The van der Waals surface area contributed by atoms with Crippen molar-refractivity contribution >= 4 is 8.25 Å². The third kappa shape index (κ3) is 10.8. The summed E-state index contributed by atoms with van der Waals surface area (Å²) in [4.78, 5) is 7.70. The first-order chi connectivity index (χ1) is 2.77. The predicted octanol–water partition coefficient (Wildman–Crippen LogP) is 1.37. The minimum Gasteiger partial charge on any atom is -0.173 e. The Balaban J connectivity index is -0.0000000417. The Hall–Kier alpha value is -0.580. The number of hydrogen-bond donors (Lipinski definition) is 1. The van der Waals surface area contributed by atoms with Crippen molar-refractivity contribution in [2.45, 2.75) is 7.43 Å². The zero-order valence-corrected chi connectivity index (χ0v) is 3.68. The molecule has 0 aromatic carbocycles. The number of terminal acetylenes is 1. The van der Waals surface area contributed by atoms with Gasteiger partial charge in [-0.25, -0.2) is 0 Å². The van der Waals surface area contributed by atoms with E-state index in [1.807, 2.05) is 0 Å². The fourth-order valence-corrected chi connectivity index (χ4v) is 0.135. The average molecular weight is 125 g/mol. The Morgan fingerprint density at radius 1 is 2.00 bits per heavy atom. The van der Waals surface area contributed by atoms with Gasteiger partial charge in [0.15, 0.2) is 6.11 Å². The molecule has 0 spiro atoms. The molecule has 1 unspecified atom stereocenters. The van der Waals surface area contributed by atoms with E-state index in [9.17, 15) is 4.57 Å². The molecule has 0 rings (SSSR count). The van der Waals surface area contributed by atoms with Crippen LogP contribution in [0.25, 0.3) is 0 Å². The van der Waals surface area contributed by atoms with E-state index >= 15 is 0 Å². The Morgan fingerprint density at radius 3 is 2.43 bits per heavy atom. The van der Waals surface area contributed by atoms with Crippen LogP contribution in [0.15, 0.2) is 0 Å². The maximum atomic E-state index is 9.38. The van der Waals surface area contributed by atoms with Gasteiger partial charge in [0.05, 0.1) is 0 Å². The van der Waals surface area contributed by atoms with E-state index in [2.05, 4.69) is 10.9 Å². The first-order valence-electron chi connectivity index (χ1n) is 1.06. The molecular weight excluding hydrogens is 115 g/mol. The largest absolute Gasteiger partial charge is 0.756 e. The summed E-state index contributed by atoms with van der Waals surface area (Å²) in [6.45, 7) is 0. The van der Waals surface area contributed by atoms with Crippen LogP contribution in [0.2, 0.25) is 0 Å². The predicted molar refractivity (Wildman–Crippen MR) is 30.7 cm³/mol. The lowest BCUT2D eigenvalue weighted by atomic mass is 11.3. The van der Waals surface area contributed by atoms with E-state index in [1.165, 1.54) is 6.11 Å². The van der Waals surface area contributed by atoms with Crippen LogP contribution in [0.1, 0.15) is 10.3 Å². The molecule has 0 aliphatic carbocycles. The van der Waals surface area contributed by atoms with Gasteiger partial charge in [-0.15, -0.1) is 4.89 Å². The topological polar surface area (TPSA) is 46.5 Å². The monoisotopic (exact) mass is 125 g/mol. The Kier molecular flexibility index (Phi) is 7.47. The normalized spacial score (nSPS) is 7.71. The van der Waals surface area contributed by atoms with E-state index in [-0.39, 0.29) is 10.3 Å². The summed E-state index contributed by atoms with van der Waals surface area (Å²) in [5, 5.41) is 0. The lowest BCUT2D eigenvalue weighted by Gasteiger charge is -1.58. The van der Waals surface area contributed by atoms with Gasteiger partial charge in [-0.1, -0.05) is 13.9 Å². The highest BCUT2D eigenvalue weighted by atomic mass is 31.1. The average Bonchev–Trinajstić information content (AvgIpc) is 1.35. The molecule has 4 heteroatoms. The van der Waals surface area contributed by atoms with Crippen molar-refractivity contribution in [2.75, 3.05) is 0 Å². The third-order valence-electron chi connectivity index (χ3n) is 0.131. The van der Waals surface area contributed by atoms with Crippen molar-refractivity contribution in [1.82, 2.24) is 0 Å². The van der Waals surface area contributed by atoms with Gasteiger partial charge >= 0.3 is 8.25 Å². The molecule has 0 aromatic rings. The maximum absolute atomic E-state index is 9.38. The molecule has 0 aromatic heterocycles. The Labute approximate surface area is 46.2 Å². The Bertz CT molecular complexity index is 99.7. The highest BCUT2D eigenvalue weighted by molar-refractivity contribution is 7.32. The van der Waals surface area contributed by atoms with E-state index in [0.717, 1.165) is 0 Å². The molecule has 0 aliphatic rings. The van der Waals surface area contributed by atoms with Gasteiger partial charge < -0.3 is 0 Å². The zero-order chi connectivity index (χ0) is 4.99. The van der Waals surface area contributed by atoms with Crippen molar-refractivity contribution in [3.05, 3.63) is 0 Å². The lowest BCUT2D eigenvalue weighted by Crippen LogP contribution is -1.57. The fraction of sp³-hybridized carbons (Fsp3) is 0.333. The Morgan fingerprint density at radius 2 is 2.43 bits per heavy atom. The van der Waals surface area contributed by atoms with Crippen LogP contribution >= 0.6 is 8.25 Å². The second-order valence-electron chi connectivity index (χ2n) is 0.447. The molecule has 0 saturated carbocycles. The van der Waals surface area contributed by atoms with Gasteiger partial charge in [0.1, 0.15) is 0 Å². The summed E-state index contributed by atoms with van der Waals surface area (Å²) in [6, 6.07) is 0. The van der Waals surface area contributed by atoms with Crippen molar-refractivity contribution in [2.24, 2.45) is 0 Å². The van der Waals surface area contributed by atoms with Crippen molar-refractivity contribution in [3.63, 3.8) is 0 Å². The quantitative estimate of drug-likeness (QED) is 0.425. The SMILES string of the molecule is C.C#CO[P+](=O)O.[HH].[HH]. The zero-order valence-electron chi connectivity index (χ0n) is 2.79. The molecule has 0 saturated heterocycles. The van der Waals surface area contributed by atoms with Gasteiger partial charge in [0, 0.05) is 7.42 Å². The van der Waals surface area contributed by atoms with Crippen LogP contribution in [0, 0.1) is 12.5 Å². The van der Waals surface area contributed by atoms with Crippen molar-refractivity contribution in [1.29, 1.82) is 0 Å². The molecule has 0 radical (unpaired) electrons. The first-order valence-corrected chi connectivity index (χ1v) is 2.19. The molecule has 1 N–H and O–H groups in total. The van der Waals surface area contributed by atoms with Crippen LogP contribution in [0.5, 0.6) is 0 Å². The van der Waals surface area contributed by atoms with Crippen LogP contribution < -0.4 is 0 Å². The smallest absolute Gasteiger partial charge is 0.173 e. The summed E-state index contributed by atoms with van der Waals surface area (Å²) in [5.41, 5.74) is 0. The minimum absolute atomic E-state index is 0. The highest BCUT2D eigenvalue weighted by Gasteiger charge is 2.06. The molecule has 0 aliphatic heterocycles. The van der Waals surface area contributed by atoms with E-state index in [0.29, 0.717) is 0 Å². The van der Waals surface area contributed by atoms with Gasteiger partial charge in [-0.2, -0.15) is 4.52 Å². The highest BCUT2D eigenvalue weighted by Crippen LogP contribution is 2.11. The summed E-state index contributed by atoms with van der Waals surface area (Å²) in [5.74, 6) is 0. The molecule has 0 fully saturated rings. The molecule has 0 bridgehead atoms. The summed E-state index contributed by atoms with van der Waals surface area (Å²) in [7, 11) is -2.59. The fourth-order valence-electron chi connectivity index (χ4n) is 0.0451. The van der Waals surface area contributed by atoms with Crippen molar-refractivity contribution < 1.29 is 16.8 Å². The first kappa shape index (κ1) is 9.65. The molecule has 0 heterocycles. The van der Waals surface area contributed by atoms with Gasteiger partial charge in [-0.05, 0) is 0 Å². The standard InChI is InChI=1S/C2HO3P.CH4.2H2/c1-2-5-6(3)4;;;/h1H;1H4;2*1H/p+1. The number of hydrogen-bond acceptors (Lipinski definition) is 2. The van der Waals surface area contributed by atoms with E-state index in [1.54, 1.807) is 0 Å². The summed E-state index contributed by atoms with van der Waals surface area (Å²) < 4.78 is 13.0. The van der Waals surface area contributed by atoms with Gasteiger partial charge in [0.25, 0.3) is 0 Å². The maximum Gasteiger partial charge on any atom is 0.756 e. The molecular formula is C3H10O3P+. The molecule has 7 heavy (non-hydrogen) atoms. The molecule has 3 nitrogen and oxygen atoms in total. The molecule has 1 atom stereocenters.